The van der Waals surface area contributed by atoms with Crippen LogP contribution >= 0.6 is 27.5 Å². The lowest BCUT2D eigenvalue weighted by molar-refractivity contribution is 0.405. The number of ether oxygens (including phenoxy) is 1. The molecule has 0 bridgehead atoms. The topological polar surface area (TPSA) is 35.2 Å². The average Bonchev–Trinajstić information content (AvgIpc) is 2.01. The van der Waals surface area contributed by atoms with Crippen molar-refractivity contribution in [3.8, 4) is 5.75 Å². The van der Waals surface area contributed by atoms with Crippen molar-refractivity contribution in [3.05, 3.63) is 27.2 Å². The Kier molecular flexibility index (Phi) is 4.23. The molecular weight excluding hydrogens is 265 g/mol. The molecule has 0 saturated heterocycles. The van der Waals surface area contributed by atoms with E-state index < -0.39 is 0 Å². The number of nitrogens with two attached hydrogens (primary N) is 1. The number of methoxy groups -OCH3 is 1. The molecule has 2 N–H and O–H groups in total. The van der Waals surface area contributed by atoms with E-state index in [1.54, 1.807) is 7.11 Å². The molecule has 1 aromatic carbocycles. The molecule has 0 fully saturated rings. The molecular formula is C10H13BrClNO. The number of benzene rings is 1. The predicted molar refractivity (Wildman–Crippen MR) is 63.1 cm³/mol. The maximum atomic E-state index is 5.94. The first-order valence-corrected chi connectivity index (χ1v) is 5.49. The van der Waals surface area contributed by atoms with Crippen molar-refractivity contribution in [3.63, 3.8) is 0 Å². The molecule has 0 radical (unpaired) electrons. The first-order valence-electron chi connectivity index (χ1n) is 4.32. The molecule has 0 aromatic heterocycles. The van der Waals surface area contributed by atoms with Gasteiger partial charge in [0.05, 0.1) is 11.6 Å². The highest BCUT2D eigenvalue weighted by Crippen LogP contribution is 2.32. The summed E-state index contributed by atoms with van der Waals surface area (Å²) in [6.45, 7) is 1.95. The minimum absolute atomic E-state index is 0.0919. The predicted octanol–water partition coefficient (Wildman–Crippen LogP) is 3.00. The monoisotopic (exact) mass is 277 g/mol. The van der Waals surface area contributed by atoms with Gasteiger partial charge in [0.15, 0.2) is 0 Å². The van der Waals surface area contributed by atoms with Gasteiger partial charge in [0.1, 0.15) is 5.75 Å². The van der Waals surface area contributed by atoms with Gasteiger partial charge in [-0.25, -0.2) is 0 Å². The molecule has 4 heteroatoms. The van der Waals surface area contributed by atoms with Gasteiger partial charge >= 0.3 is 0 Å². The highest BCUT2D eigenvalue weighted by atomic mass is 79.9. The zero-order valence-electron chi connectivity index (χ0n) is 8.18. The smallest absolute Gasteiger partial charge is 0.136 e. The van der Waals surface area contributed by atoms with Crippen LogP contribution in [0.4, 0.5) is 0 Å². The van der Waals surface area contributed by atoms with E-state index in [1.165, 1.54) is 0 Å². The van der Waals surface area contributed by atoms with Crippen molar-refractivity contribution < 1.29 is 4.74 Å². The summed E-state index contributed by atoms with van der Waals surface area (Å²) < 4.78 is 6.13. The van der Waals surface area contributed by atoms with Gasteiger partial charge in [-0.2, -0.15) is 0 Å². The van der Waals surface area contributed by atoms with E-state index in [0.717, 1.165) is 22.2 Å². The van der Waals surface area contributed by atoms with E-state index >= 15 is 0 Å². The zero-order valence-corrected chi connectivity index (χ0v) is 10.5. The van der Waals surface area contributed by atoms with Crippen molar-refractivity contribution in [2.24, 2.45) is 5.73 Å². The SMILES string of the molecule is COc1c(Br)cc(Cl)cc1CC(C)N. The van der Waals surface area contributed by atoms with Crippen molar-refractivity contribution in [2.45, 2.75) is 19.4 Å². The minimum Gasteiger partial charge on any atom is -0.495 e. The fourth-order valence-corrected chi connectivity index (χ4v) is 2.38. The molecule has 0 aliphatic heterocycles. The van der Waals surface area contributed by atoms with E-state index in [-0.39, 0.29) is 6.04 Å². The molecule has 14 heavy (non-hydrogen) atoms. The molecule has 0 saturated carbocycles. The van der Waals surface area contributed by atoms with Crippen molar-refractivity contribution in [2.75, 3.05) is 7.11 Å². The third-order valence-corrected chi connectivity index (χ3v) is 2.64. The van der Waals surface area contributed by atoms with Crippen LogP contribution in [-0.4, -0.2) is 13.2 Å². The summed E-state index contributed by atoms with van der Waals surface area (Å²) in [5, 5.41) is 0.688. The lowest BCUT2D eigenvalue weighted by Gasteiger charge is -2.12. The van der Waals surface area contributed by atoms with E-state index in [2.05, 4.69) is 15.9 Å². The molecule has 0 amide bonds. The molecule has 0 aliphatic carbocycles. The van der Waals surface area contributed by atoms with E-state index in [9.17, 15) is 0 Å². The number of rotatable bonds is 3. The van der Waals surface area contributed by atoms with Crippen LogP contribution in [0.5, 0.6) is 5.75 Å². The molecule has 0 spiro atoms. The lowest BCUT2D eigenvalue weighted by atomic mass is 10.1. The van der Waals surface area contributed by atoms with Crippen LogP contribution in [-0.2, 0) is 6.42 Å². The molecule has 1 atom stereocenters. The Morgan fingerprint density at radius 2 is 2.21 bits per heavy atom. The summed E-state index contributed by atoms with van der Waals surface area (Å²) in [4.78, 5) is 0. The second-order valence-corrected chi connectivity index (χ2v) is 4.55. The maximum Gasteiger partial charge on any atom is 0.136 e. The molecule has 0 aliphatic rings. The van der Waals surface area contributed by atoms with Crippen molar-refractivity contribution >= 4 is 27.5 Å². The number of halogens is 2. The molecule has 0 heterocycles. The fraction of sp³-hybridized carbons (Fsp3) is 0.400. The van der Waals surface area contributed by atoms with Gasteiger partial charge < -0.3 is 10.5 Å². The van der Waals surface area contributed by atoms with E-state index in [0.29, 0.717) is 5.02 Å². The second-order valence-electron chi connectivity index (χ2n) is 3.26. The standard InChI is InChI=1S/C10H13BrClNO/c1-6(13)3-7-4-8(12)5-9(11)10(7)14-2/h4-6H,3,13H2,1-2H3. The normalized spacial score (nSPS) is 12.6. The maximum absolute atomic E-state index is 5.94. The van der Waals surface area contributed by atoms with Crippen LogP contribution in [0.1, 0.15) is 12.5 Å². The summed E-state index contributed by atoms with van der Waals surface area (Å²) in [6.07, 6.45) is 0.752. The molecule has 2 nitrogen and oxygen atoms in total. The van der Waals surface area contributed by atoms with Gasteiger partial charge in [0.2, 0.25) is 0 Å². The zero-order chi connectivity index (χ0) is 10.7. The summed E-state index contributed by atoms with van der Waals surface area (Å²) in [6, 6.07) is 3.79. The van der Waals surface area contributed by atoms with Crippen LogP contribution in [0.3, 0.4) is 0 Å². The minimum atomic E-state index is 0.0919. The highest BCUT2D eigenvalue weighted by molar-refractivity contribution is 9.10. The van der Waals surface area contributed by atoms with E-state index in [4.69, 9.17) is 22.1 Å². The van der Waals surface area contributed by atoms with Crippen LogP contribution in [0.2, 0.25) is 5.02 Å². The summed E-state index contributed by atoms with van der Waals surface area (Å²) in [5.74, 6) is 0.812. The van der Waals surface area contributed by atoms with Crippen LogP contribution in [0, 0.1) is 0 Å². The molecule has 1 rings (SSSR count). The number of hydrogen-bond acceptors (Lipinski definition) is 2. The van der Waals surface area contributed by atoms with Gasteiger partial charge in [0, 0.05) is 11.1 Å². The largest absolute Gasteiger partial charge is 0.495 e. The van der Waals surface area contributed by atoms with Gasteiger partial charge in [-0.3, -0.25) is 0 Å². The first kappa shape index (κ1) is 11.8. The molecule has 78 valence electrons. The van der Waals surface area contributed by atoms with E-state index in [1.807, 2.05) is 19.1 Å². The van der Waals surface area contributed by atoms with Crippen LogP contribution in [0.15, 0.2) is 16.6 Å². The Balaban J connectivity index is 3.11. The lowest BCUT2D eigenvalue weighted by Crippen LogP contribution is -2.18. The Bertz CT molecular complexity index is 328. The Hall–Kier alpha value is -0.250. The summed E-state index contributed by atoms with van der Waals surface area (Å²) in [5.41, 5.74) is 6.76. The Labute approximate surface area is 97.5 Å². The Morgan fingerprint density at radius 3 is 2.71 bits per heavy atom. The second kappa shape index (κ2) is 5.01. The van der Waals surface area contributed by atoms with Crippen LogP contribution in [0.25, 0.3) is 0 Å². The molecule has 1 aromatic rings. The van der Waals surface area contributed by atoms with Crippen molar-refractivity contribution in [1.82, 2.24) is 0 Å². The fourth-order valence-electron chi connectivity index (χ4n) is 1.34. The third kappa shape index (κ3) is 2.87. The van der Waals surface area contributed by atoms with Gasteiger partial charge in [0.25, 0.3) is 0 Å². The van der Waals surface area contributed by atoms with Crippen molar-refractivity contribution in [1.29, 1.82) is 0 Å². The number of hydrogen-bond donors (Lipinski definition) is 1. The first-order chi connectivity index (χ1) is 6.54. The summed E-state index contributed by atoms with van der Waals surface area (Å²) in [7, 11) is 1.64. The Morgan fingerprint density at radius 1 is 1.57 bits per heavy atom. The van der Waals surface area contributed by atoms with Crippen LogP contribution < -0.4 is 10.5 Å². The van der Waals surface area contributed by atoms with Gasteiger partial charge in [-0.1, -0.05) is 11.6 Å². The summed E-state index contributed by atoms with van der Waals surface area (Å²) >= 11 is 9.33. The van der Waals surface area contributed by atoms with Gasteiger partial charge in [-0.15, -0.1) is 0 Å². The highest BCUT2D eigenvalue weighted by Gasteiger charge is 2.10. The third-order valence-electron chi connectivity index (χ3n) is 1.83. The molecule has 1 unspecified atom stereocenters. The average molecular weight is 279 g/mol. The quantitative estimate of drug-likeness (QED) is 0.922. The van der Waals surface area contributed by atoms with Gasteiger partial charge in [-0.05, 0) is 47.0 Å².